The van der Waals surface area contributed by atoms with Crippen molar-refractivity contribution in [3.8, 4) is 0 Å². The van der Waals surface area contributed by atoms with E-state index in [0.717, 1.165) is 12.8 Å². The summed E-state index contributed by atoms with van der Waals surface area (Å²) in [5, 5.41) is 20.3. The fourth-order valence-electron chi connectivity index (χ4n) is 3.63. The van der Waals surface area contributed by atoms with Crippen LogP contribution in [0.4, 0.5) is 5.69 Å². The minimum Gasteiger partial charge on any atom is -0.480 e. The smallest absolute Gasteiger partial charge is 0.328 e. The number of nitro benzene ring substituents is 1. The van der Waals surface area contributed by atoms with Crippen molar-refractivity contribution in [2.24, 2.45) is 5.92 Å². The third kappa shape index (κ3) is 3.09. The van der Waals surface area contributed by atoms with Crippen LogP contribution in [0, 0.1) is 16.0 Å². The van der Waals surface area contributed by atoms with Gasteiger partial charge in [-0.3, -0.25) is 19.8 Å². The van der Waals surface area contributed by atoms with E-state index in [1.807, 2.05) is 0 Å². The van der Waals surface area contributed by atoms with Crippen molar-refractivity contribution in [2.45, 2.75) is 44.4 Å². The summed E-state index contributed by atoms with van der Waals surface area (Å²) in [5.41, 5.74) is -0.792. The topological polar surface area (TPSA) is 110 Å². The number of hydrogen-bond acceptors (Lipinski definition) is 5. The fourth-order valence-corrected chi connectivity index (χ4v) is 3.63. The maximum absolute atomic E-state index is 13.0. The Morgan fingerprint density at radius 1 is 1.28 bits per heavy atom. The van der Waals surface area contributed by atoms with Crippen molar-refractivity contribution >= 4 is 17.6 Å². The van der Waals surface area contributed by atoms with Gasteiger partial charge in [0.15, 0.2) is 6.04 Å². The number of benzene rings is 1. The highest BCUT2D eigenvalue weighted by atomic mass is 16.6. The second-order valence-corrected chi connectivity index (χ2v) is 6.77. The number of carboxylic acids is 1. The van der Waals surface area contributed by atoms with Gasteiger partial charge in [0, 0.05) is 17.7 Å². The molecule has 2 aliphatic rings. The molecule has 1 aliphatic heterocycles. The van der Waals surface area contributed by atoms with E-state index in [2.05, 4.69) is 6.92 Å². The van der Waals surface area contributed by atoms with Crippen molar-refractivity contribution < 1.29 is 24.4 Å². The van der Waals surface area contributed by atoms with Gasteiger partial charge in [-0.1, -0.05) is 6.92 Å². The lowest BCUT2D eigenvalue weighted by atomic mass is 9.83. The zero-order chi connectivity index (χ0) is 18.2. The number of nitrogens with zero attached hydrogens (tertiary/aromatic N) is 2. The minimum absolute atomic E-state index is 0.0393. The highest BCUT2D eigenvalue weighted by Crippen LogP contribution is 2.43. The highest BCUT2D eigenvalue weighted by molar-refractivity contribution is 5.97. The summed E-state index contributed by atoms with van der Waals surface area (Å²) in [5.74, 6) is -1.06. The van der Waals surface area contributed by atoms with Crippen molar-refractivity contribution in [3.05, 3.63) is 39.9 Å². The van der Waals surface area contributed by atoms with E-state index in [9.17, 15) is 24.8 Å². The monoisotopic (exact) mass is 348 g/mol. The molecule has 0 radical (unpaired) electrons. The van der Waals surface area contributed by atoms with Crippen LogP contribution in [-0.2, 0) is 9.53 Å². The van der Waals surface area contributed by atoms with E-state index in [-0.39, 0.29) is 17.9 Å². The van der Waals surface area contributed by atoms with E-state index in [1.54, 1.807) is 0 Å². The van der Waals surface area contributed by atoms with Crippen LogP contribution in [0.3, 0.4) is 0 Å². The Labute approximate surface area is 144 Å². The molecule has 1 N–H and O–H groups in total. The Kier molecular flexibility index (Phi) is 4.47. The minimum atomic E-state index is -1.11. The summed E-state index contributed by atoms with van der Waals surface area (Å²) in [6, 6.07) is 4.16. The average Bonchev–Trinajstić information content (AvgIpc) is 2.96. The third-order valence-corrected chi connectivity index (χ3v) is 5.15. The molecule has 0 bridgehead atoms. The number of hydrogen-bond donors (Lipinski definition) is 1. The van der Waals surface area contributed by atoms with Crippen LogP contribution < -0.4 is 0 Å². The molecule has 1 atom stereocenters. The summed E-state index contributed by atoms with van der Waals surface area (Å²) < 4.78 is 5.84. The maximum atomic E-state index is 13.0. The van der Waals surface area contributed by atoms with Crippen molar-refractivity contribution in [1.82, 2.24) is 4.90 Å². The average molecular weight is 348 g/mol. The van der Waals surface area contributed by atoms with Crippen LogP contribution >= 0.6 is 0 Å². The first-order valence-corrected chi connectivity index (χ1v) is 8.29. The standard InChI is InChI=1S/C17H20N2O6/c1-11-6-8-17(9-7-11)18(14(10-25-17)16(21)22)15(20)12-2-4-13(5-3-12)19(23)24/h2-5,11,14H,6-10H2,1H3,(H,21,22)/t11?,14-,17?/m0/s1. The van der Waals surface area contributed by atoms with Gasteiger partial charge in [-0.2, -0.15) is 0 Å². The van der Waals surface area contributed by atoms with Crippen LogP contribution in [0.15, 0.2) is 24.3 Å². The quantitative estimate of drug-likeness (QED) is 0.663. The number of carboxylic acid groups (broad SMARTS) is 1. The normalized spacial score (nSPS) is 28.9. The lowest BCUT2D eigenvalue weighted by molar-refractivity contribution is -0.384. The van der Waals surface area contributed by atoms with Gasteiger partial charge < -0.3 is 9.84 Å². The third-order valence-electron chi connectivity index (χ3n) is 5.15. The molecular formula is C17H20N2O6. The first-order chi connectivity index (χ1) is 11.8. The summed E-state index contributed by atoms with van der Waals surface area (Å²) in [7, 11) is 0. The molecule has 3 rings (SSSR count). The van der Waals surface area contributed by atoms with E-state index < -0.39 is 28.6 Å². The van der Waals surface area contributed by atoms with Gasteiger partial charge in [0.05, 0.1) is 11.5 Å². The number of non-ortho nitro benzene ring substituents is 1. The summed E-state index contributed by atoms with van der Waals surface area (Å²) in [6.45, 7) is 2.08. The molecule has 1 saturated heterocycles. The van der Waals surface area contributed by atoms with Gasteiger partial charge in [-0.25, -0.2) is 4.79 Å². The molecule has 1 spiro atoms. The van der Waals surface area contributed by atoms with E-state index in [4.69, 9.17) is 4.74 Å². The summed E-state index contributed by atoms with van der Waals surface area (Å²) >= 11 is 0. The Bertz CT molecular complexity index is 694. The summed E-state index contributed by atoms with van der Waals surface area (Å²) in [6.07, 6.45) is 2.90. The predicted octanol–water partition coefficient (Wildman–Crippen LogP) is 2.43. The summed E-state index contributed by atoms with van der Waals surface area (Å²) in [4.78, 5) is 36.2. The number of amides is 1. The number of nitro groups is 1. The van der Waals surface area contributed by atoms with Crippen molar-refractivity contribution in [3.63, 3.8) is 0 Å². The Morgan fingerprint density at radius 3 is 2.40 bits per heavy atom. The Morgan fingerprint density at radius 2 is 1.88 bits per heavy atom. The van der Waals surface area contributed by atoms with E-state index in [0.29, 0.717) is 18.8 Å². The molecule has 8 nitrogen and oxygen atoms in total. The molecule has 1 saturated carbocycles. The predicted molar refractivity (Wildman–Crippen MR) is 87.0 cm³/mol. The van der Waals surface area contributed by atoms with Gasteiger partial charge >= 0.3 is 5.97 Å². The van der Waals surface area contributed by atoms with Gasteiger partial charge in [-0.05, 0) is 43.7 Å². The largest absolute Gasteiger partial charge is 0.480 e. The molecular weight excluding hydrogens is 328 g/mol. The van der Waals surface area contributed by atoms with Crippen LogP contribution in [0.1, 0.15) is 43.0 Å². The molecule has 1 aromatic rings. The molecule has 0 unspecified atom stereocenters. The molecule has 25 heavy (non-hydrogen) atoms. The molecule has 1 amide bonds. The van der Waals surface area contributed by atoms with Crippen molar-refractivity contribution in [2.75, 3.05) is 6.61 Å². The van der Waals surface area contributed by atoms with Gasteiger partial charge in [0.1, 0.15) is 5.72 Å². The van der Waals surface area contributed by atoms with Crippen LogP contribution in [0.2, 0.25) is 0 Å². The molecule has 134 valence electrons. The van der Waals surface area contributed by atoms with E-state index >= 15 is 0 Å². The first kappa shape index (κ1) is 17.3. The molecule has 1 aliphatic carbocycles. The highest BCUT2D eigenvalue weighted by Gasteiger charge is 2.53. The molecule has 0 aromatic heterocycles. The molecule has 8 heteroatoms. The number of carbonyl (C=O) groups is 2. The van der Waals surface area contributed by atoms with E-state index in [1.165, 1.54) is 29.2 Å². The zero-order valence-corrected chi connectivity index (χ0v) is 13.9. The number of rotatable bonds is 3. The van der Waals surface area contributed by atoms with Gasteiger partial charge in [0.25, 0.3) is 11.6 Å². The Balaban J connectivity index is 1.92. The second-order valence-electron chi connectivity index (χ2n) is 6.77. The molecule has 1 aromatic carbocycles. The van der Waals surface area contributed by atoms with Crippen molar-refractivity contribution in [1.29, 1.82) is 0 Å². The lowest BCUT2D eigenvalue weighted by Crippen LogP contribution is -2.55. The number of ether oxygens (including phenoxy) is 1. The van der Waals surface area contributed by atoms with Gasteiger partial charge in [0.2, 0.25) is 0 Å². The number of aliphatic carboxylic acids is 1. The van der Waals surface area contributed by atoms with Crippen LogP contribution in [-0.4, -0.2) is 45.2 Å². The number of carbonyl (C=O) groups excluding carboxylic acids is 1. The second kappa shape index (κ2) is 6.44. The van der Waals surface area contributed by atoms with Crippen LogP contribution in [0.25, 0.3) is 0 Å². The first-order valence-electron chi connectivity index (χ1n) is 8.29. The zero-order valence-electron chi connectivity index (χ0n) is 13.9. The van der Waals surface area contributed by atoms with Crippen LogP contribution in [0.5, 0.6) is 0 Å². The Hall–Kier alpha value is -2.48. The maximum Gasteiger partial charge on any atom is 0.328 e. The SMILES string of the molecule is CC1CCC2(CC1)OC[C@@H](C(=O)O)N2C(=O)c1ccc([N+](=O)[O-])cc1. The molecule has 1 heterocycles. The fraction of sp³-hybridized carbons (Fsp3) is 0.529. The van der Waals surface area contributed by atoms with Gasteiger partial charge in [-0.15, -0.1) is 0 Å². The lowest BCUT2D eigenvalue weighted by Gasteiger charge is -2.42. The molecule has 2 fully saturated rings.